The normalized spacial score (nSPS) is 24.3. The van der Waals surface area contributed by atoms with Crippen LogP contribution in [0.5, 0.6) is 5.75 Å². The van der Waals surface area contributed by atoms with Crippen molar-refractivity contribution in [1.29, 1.82) is 0 Å². The lowest BCUT2D eigenvalue weighted by molar-refractivity contribution is 0.205. The summed E-state index contributed by atoms with van der Waals surface area (Å²) in [7, 11) is 0. The zero-order valence-electron chi connectivity index (χ0n) is 10.9. The van der Waals surface area contributed by atoms with Crippen molar-refractivity contribution in [2.24, 2.45) is 5.92 Å². The van der Waals surface area contributed by atoms with Crippen molar-refractivity contribution in [3.05, 3.63) is 28.8 Å². The summed E-state index contributed by atoms with van der Waals surface area (Å²) in [6.45, 7) is 6.63. The molecule has 1 aromatic rings. The Labute approximate surface area is 109 Å². The lowest BCUT2D eigenvalue weighted by Crippen LogP contribution is -2.12. The van der Waals surface area contributed by atoms with E-state index in [0.717, 1.165) is 29.5 Å². The van der Waals surface area contributed by atoms with Crippen LogP contribution in [0, 0.1) is 5.92 Å². The summed E-state index contributed by atoms with van der Waals surface area (Å²) in [4.78, 5) is 0. The summed E-state index contributed by atoms with van der Waals surface area (Å²) in [6, 6.07) is 6.16. The van der Waals surface area contributed by atoms with E-state index in [4.69, 9.17) is 16.3 Å². The zero-order chi connectivity index (χ0) is 12.4. The van der Waals surface area contributed by atoms with Crippen LogP contribution in [0.3, 0.4) is 0 Å². The van der Waals surface area contributed by atoms with Gasteiger partial charge in [-0.25, -0.2) is 0 Å². The first kappa shape index (κ1) is 12.8. The summed E-state index contributed by atoms with van der Waals surface area (Å²) < 4.78 is 5.98. The maximum Gasteiger partial charge on any atom is 0.138 e. The third kappa shape index (κ3) is 3.16. The third-order valence-electron chi connectivity index (χ3n) is 3.56. The standard InChI is InChI=1S/C15H21ClO/c1-10(2)12-5-7-15(14(16)9-12)17-13-6-4-11(3)8-13/h5,7,9-11,13H,4,6,8H2,1-3H3. The summed E-state index contributed by atoms with van der Waals surface area (Å²) in [6.07, 6.45) is 3.94. The van der Waals surface area contributed by atoms with Gasteiger partial charge in [0, 0.05) is 0 Å². The van der Waals surface area contributed by atoms with Crippen LogP contribution in [-0.2, 0) is 0 Å². The molecule has 1 fully saturated rings. The maximum atomic E-state index is 6.26. The minimum Gasteiger partial charge on any atom is -0.489 e. The molecule has 2 heteroatoms. The van der Waals surface area contributed by atoms with Crippen LogP contribution >= 0.6 is 11.6 Å². The Hall–Kier alpha value is -0.690. The molecule has 2 atom stereocenters. The van der Waals surface area contributed by atoms with Gasteiger partial charge in [0.1, 0.15) is 5.75 Å². The molecule has 94 valence electrons. The smallest absolute Gasteiger partial charge is 0.138 e. The lowest BCUT2D eigenvalue weighted by atomic mass is 10.0. The third-order valence-corrected chi connectivity index (χ3v) is 3.86. The highest BCUT2D eigenvalue weighted by Gasteiger charge is 2.23. The van der Waals surface area contributed by atoms with Gasteiger partial charge in [0.15, 0.2) is 0 Å². The van der Waals surface area contributed by atoms with E-state index in [1.165, 1.54) is 12.0 Å². The van der Waals surface area contributed by atoms with Gasteiger partial charge in [-0.15, -0.1) is 0 Å². The molecule has 2 unspecified atom stereocenters. The molecule has 1 aliphatic rings. The number of hydrogen-bond acceptors (Lipinski definition) is 1. The fourth-order valence-electron chi connectivity index (χ4n) is 2.41. The predicted molar refractivity (Wildman–Crippen MR) is 73.0 cm³/mol. The second-order valence-electron chi connectivity index (χ2n) is 5.50. The molecule has 0 amide bonds. The summed E-state index contributed by atoms with van der Waals surface area (Å²) in [5.74, 6) is 2.14. The Morgan fingerprint density at radius 2 is 2.06 bits per heavy atom. The fourth-order valence-corrected chi connectivity index (χ4v) is 2.65. The molecule has 2 rings (SSSR count). The molecule has 17 heavy (non-hydrogen) atoms. The molecule has 0 spiro atoms. The van der Waals surface area contributed by atoms with E-state index in [-0.39, 0.29) is 0 Å². The molecule has 0 heterocycles. The Morgan fingerprint density at radius 1 is 1.29 bits per heavy atom. The Kier molecular flexibility index (Phi) is 3.98. The average Bonchev–Trinajstić information content (AvgIpc) is 2.67. The van der Waals surface area contributed by atoms with Crippen LogP contribution in [0.2, 0.25) is 5.02 Å². The van der Waals surface area contributed by atoms with Crippen LogP contribution in [0.25, 0.3) is 0 Å². The highest BCUT2D eigenvalue weighted by molar-refractivity contribution is 6.32. The Bertz CT molecular complexity index is 387. The first-order valence-electron chi connectivity index (χ1n) is 6.52. The molecule has 1 nitrogen and oxygen atoms in total. The van der Waals surface area contributed by atoms with Gasteiger partial charge in [-0.1, -0.05) is 38.4 Å². The second kappa shape index (κ2) is 5.30. The number of benzene rings is 1. The summed E-state index contributed by atoms with van der Waals surface area (Å²) in [5, 5.41) is 0.746. The molecule has 1 aromatic carbocycles. The molecule has 0 radical (unpaired) electrons. The average molecular weight is 253 g/mol. The van der Waals surface area contributed by atoms with Gasteiger partial charge in [0.2, 0.25) is 0 Å². The highest BCUT2D eigenvalue weighted by Crippen LogP contribution is 2.33. The van der Waals surface area contributed by atoms with Crippen molar-refractivity contribution in [3.8, 4) is 5.75 Å². The van der Waals surface area contributed by atoms with Crippen LogP contribution < -0.4 is 4.74 Å². The largest absolute Gasteiger partial charge is 0.489 e. The van der Waals surface area contributed by atoms with Gasteiger partial charge in [-0.2, -0.15) is 0 Å². The molecule has 1 aliphatic carbocycles. The van der Waals surface area contributed by atoms with E-state index in [1.54, 1.807) is 0 Å². The molecule has 0 bridgehead atoms. The lowest BCUT2D eigenvalue weighted by Gasteiger charge is -2.16. The highest BCUT2D eigenvalue weighted by atomic mass is 35.5. The molecule has 1 saturated carbocycles. The minimum atomic E-state index is 0.354. The van der Waals surface area contributed by atoms with Crippen molar-refractivity contribution in [2.45, 2.75) is 52.1 Å². The van der Waals surface area contributed by atoms with Crippen LogP contribution in [0.15, 0.2) is 18.2 Å². The predicted octanol–water partition coefficient (Wildman–Crippen LogP) is 5.03. The van der Waals surface area contributed by atoms with E-state index in [0.29, 0.717) is 12.0 Å². The minimum absolute atomic E-state index is 0.354. The second-order valence-corrected chi connectivity index (χ2v) is 5.91. The zero-order valence-corrected chi connectivity index (χ0v) is 11.6. The number of halogens is 1. The summed E-state index contributed by atoms with van der Waals surface area (Å²) in [5.41, 5.74) is 1.27. The first-order chi connectivity index (χ1) is 8.06. The number of hydrogen-bond donors (Lipinski definition) is 0. The van der Waals surface area contributed by atoms with E-state index in [2.05, 4.69) is 26.8 Å². The molecule has 0 aliphatic heterocycles. The van der Waals surface area contributed by atoms with E-state index in [9.17, 15) is 0 Å². The number of rotatable bonds is 3. The van der Waals surface area contributed by atoms with Gasteiger partial charge in [0.05, 0.1) is 11.1 Å². The topological polar surface area (TPSA) is 9.23 Å². The molecule has 0 N–H and O–H groups in total. The van der Waals surface area contributed by atoms with E-state index in [1.807, 2.05) is 12.1 Å². The van der Waals surface area contributed by atoms with Gasteiger partial charge in [-0.3, -0.25) is 0 Å². The molecular weight excluding hydrogens is 232 g/mol. The van der Waals surface area contributed by atoms with Crippen molar-refractivity contribution < 1.29 is 4.74 Å². The van der Waals surface area contributed by atoms with Crippen molar-refractivity contribution in [1.82, 2.24) is 0 Å². The van der Waals surface area contributed by atoms with Crippen LogP contribution in [0.1, 0.15) is 51.5 Å². The monoisotopic (exact) mass is 252 g/mol. The van der Waals surface area contributed by atoms with E-state index < -0.39 is 0 Å². The van der Waals surface area contributed by atoms with Crippen molar-refractivity contribution in [3.63, 3.8) is 0 Å². The molecule has 0 saturated heterocycles. The van der Waals surface area contributed by atoms with Gasteiger partial charge < -0.3 is 4.74 Å². The SMILES string of the molecule is CC1CCC(Oc2ccc(C(C)C)cc2Cl)C1. The quantitative estimate of drug-likeness (QED) is 0.733. The maximum absolute atomic E-state index is 6.26. The van der Waals surface area contributed by atoms with E-state index >= 15 is 0 Å². The first-order valence-corrected chi connectivity index (χ1v) is 6.90. The van der Waals surface area contributed by atoms with Crippen LogP contribution in [0.4, 0.5) is 0 Å². The molecular formula is C15H21ClO. The molecule has 0 aromatic heterocycles. The summed E-state index contributed by atoms with van der Waals surface area (Å²) >= 11 is 6.26. The Balaban J connectivity index is 2.06. The van der Waals surface area contributed by atoms with Crippen LogP contribution in [-0.4, -0.2) is 6.10 Å². The van der Waals surface area contributed by atoms with Crippen molar-refractivity contribution >= 4 is 11.6 Å². The van der Waals surface area contributed by atoms with Crippen molar-refractivity contribution in [2.75, 3.05) is 0 Å². The van der Waals surface area contributed by atoms with Gasteiger partial charge >= 0.3 is 0 Å². The van der Waals surface area contributed by atoms with Gasteiger partial charge in [0.25, 0.3) is 0 Å². The fraction of sp³-hybridized carbons (Fsp3) is 0.600. The number of ether oxygens (including phenoxy) is 1. The Morgan fingerprint density at radius 3 is 2.59 bits per heavy atom. The van der Waals surface area contributed by atoms with Gasteiger partial charge in [-0.05, 0) is 48.8 Å².